The maximum Gasteiger partial charge on any atom is 0.220 e. The van der Waals surface area contributed by atoms with Crippen molar-refractivity contribution in [2.75, 3.05) is 6.61 Å². The number of amides is 1. The maximum atomic E-state index is 12.5. The molecule has 0 aromatic rings. The third-order valence-electron chi connectivity index (χ3n) is 16.5. The van der Waals surface area contributed by atoms with Gasteiger partial charge in [-0.2, -0.15) is 0 Å². The Kier molecular flexibility index (Phi) is 67.2. The number of hydrogen-bond donors (Lipinski definition) is 3. The molecule has 4 nitrogen and oxygen atoms in total. The van der Waals surface area contributed by atoms with Crippen LogP contribution in [0.2, 0.25) is 0 Å². The molecule has 0 aliphatic heterocycles. The van der Waals surface area contributed by atoms with Crippen LogP contribution in [0.15, 0.2) is 48.6 Å². The molecule has 0 spiro atoms. The number of carbonyl (C=O) groups is 1. The smallest absolute Gasteiger partial charge is 0.220 e. The molecule has 0 saturated heterocycles. The van der Waals surface area contributed by atoms with Crippen LogP contribution < -0.4 is 5.32 Å². The quantitative estimate of drug-likeness (QED) is 0.0420. The number of aliphatic hydroxyl groups is 2. The molecule has 0 saturated carbocycles. The lowest BCUT2D eigenvalue weighted by atomic mass is 10.0. The Hall–Kier alpha value is -1.65. The van der Waals surface area contributed by atoms with Gasteiger partial charge in [0, 0.05) is 6.42 Å². The number of rotatable bonds is 66. The van der Waals surface area contributed by atoms with Gasteiger partial charge in [0.05, 0.1) is 18.8 Å². The van der Waals surface area contributed by atoms with Gasteiger partial charge in [-0.1, -0.05) is 371 Å². The summed E-state index contributed by atoms with van der Waals surface area (Å²) < 4.78 is 0. The van der Waals surface area contributed by atoms with Crippen molar-refractivity contribution < 1.29 is 15.0 Å². The van der Waals surface area contributed by atoms with Crippen molar-refractivity contribution >= 4 is 5.91 Å². The molecule has 0 radical (unpaired) electrons. The van der Waals surface area contributed by atoms with E-state index < -0.39 is 12.1 Å². The third-order valence-corrected chi connectivity index (χ3v) is 16.5. The topological polar surface area (TPSA) is 69.6 Å². The Labute approximate surface area is 484 Å². The highest BCUT2D eigenvalue weighted by atomic mass is 16.3. The fourth-order valence-electron chi connectivity index (χ4n) is 11.2. The fraction of sp³-hybridized carbons (Fsp3) is 0.877. The van der Waals surface area contributed by atoms with Gasteiger partial charge in [-0.05, 0) is 64.2 Å². The number of allylic oxidation sites excluding steroid dienone is 7. The second-order valence-corrected chi connectivity index (χ2v) is 24.3. The van der Waals surface area contributed by atoms with Gasteiger partial charge in [0.25, 0.3) is 0 Å². The molecule has 454 valence electrons. The van der Waals surface area contributed by atoms with E-state index in [0.717, 1.165) is 38.5 Å². The lowest BCUT2D eigenvalue weighted by Gasteiger charge is -2.19. The Morgan fingerprint density at radius 2 is 0.545 bits per heavy atom. The zero-order valence-corrected chi connectivity index (χ0v) is 52.5. The van der Waals surface area contributed by atoms with Crippen LogP contribution >= 0.6 is 0 Å². The van der Waals surface area contributed by atoms with Crippen LogP contribution in [0.25, 0.3) is 0 Å². The van der Waals surface area contributed by atoms with E-state index in [0.29, 0.717) is 6.42 Å². The maximum absolute atomic E-state index is 12.5. The van der Waals surface area contributed by atoms with Gasteiger partial charge in [0.2, 0.25) is 5.91 Å². The largest absolute Gasteiger partial charge is 0.394 e. The average molecular weight is 1080 g/mol. The van der Waals surface area contributed by atoms with E-state index in [1.807, 2.05) is 6.08 Å². The second kappa shape index (κ2) is 68.6. The van der Waals surface area contributed by atoms with Gasteiger partial charge in [0.1, 0.15) is 0 Å². The first-order valence-corrected chi connectivity index (χ1v) is 35.4. The van der Waals surface area contributed by atoms with Gasteiger partial charge in [0.15, 0.2) is 0 Å². The molecular weight excluding hydrogens is 939 g/mol. The molecule has 77 heavy (non-hydrogen) atoms. The highest BCUT2D eigenvalue weighted by Gasteiger charge is 2.18. The minimum atomic E-state index is -0.862. The molecule has 2 atom stereocenters. The van der Waals surface area contributed by atoms with Crippen LogP contribution in [-0.2, 0) is 4.79 Å². The number of hydrogen-bond acceptors (Lipinski definition) is 3. The number of carbonyl (C=O) groups excluding carboxylic acids is 1. The molecule has 0 aliphatic carbocycles. The average Bonchev–Trinajstić information content (AvgIpc) is 3.43. The molecule has 0 aromatic carbocycles. The zero-order chi connectivity index (χ0) is 55.5. The van der Waals surface area contributed by atoms with Crippen molar-refractivity contribution in [2.45, 2.75) is 405 Å². The first-order valence-electron chi connectivity index (χ1n) is 35.4. The number of nitrogens with one attached hydrogen (secondary N) is 1. The Morgan fingerprint density at radius 1 is 0.312 bits per heavy atom. The normalized spacial score (nSPS) is 12.9. The molecule has 0 aromatic heterocycles. The van der Waals surface area contributed by atoms with Gasteiger partial charge >= 0.3 is 0 Å². The standard InChI is InChI=1S/C73H139NO3/c1-3-5-7-9-11-13-15-17-19-21-23-25-27-29-30-31-32-33-34-35-36-37-38-39-40-41-42-43-44-45-47-49-51-53-55-57-59-61-63-65-67-69-73(77)74-71(70-75)72(76)68-66-64-62-60-58-56-54-52-50-48-46-28-26-24-22-20-18-16-14-12-10-8-6-4-2/h15,17,21,23,58,60,66,68,71-72,75-76H,3-14,16,18-20,22,24-57,59,61-65,67,69-70H2,1-2H3,(H,74,77)/b17-15-,23-21-,60-58+,68-66+. The van der Waals surface area contributed by atoms with Crippen molar-refractivity contribution in [3.63, 3.8) is 0 Å². The molecule has 4 heteroatoms. The SMILES string of the molecule is CCCCCCC/C=C\C/C=C\CCCCCCCCCCCCCCCCCCCCCCCCCCCCCCCC(=O)NC(CO)C(O)/C=C/CC/C=C/CCCCCCCCCCCCCCCCCCCC. The van der Waals surface area contributed by atoms with E-state index >= 15 is 0 Å². The molecule has 1 amide bonds. The van der Waals surface area contributed by atoms with E-state index in [2.05, 4.69) is 55.6 Å². The second-order valence-electron chi connectivity index (χ2n) is 24.3. The van der Waals surface area contributed by atoms with Crippen LogP contribution in [-0.4, -0.2) is 34.9 Å². The monoisotopic (exact) mass is 1080 g/mol. The van der Waals surface area contributed by atoms with Crippen molar-refractivity contribution in [3.8, 4) is 0 Å². The van der Waals surface area contributed by atoms with Gasteiger partial charge in [-0.3, -0.25) is 4.79 Å². The molecule has 3 N–H and O–H groups in total. The van der Waals surface area contributed by atoms with Crippen LogP contribution in [0, 0.1) is 0 Å². The first-order chi connectivity index (χ1) is 38.2. The lowest BCUT2D eigenvalue weighted by Crippen LogP contribution is -2.45. The van der Waals surface area contributed by atoms with E-state index in [4.69, 9.17) is 0 Å². The summed E-state index contributed by atoms with van der Waals surface area (Å²) in [4.78, 5) is 12.5. The van der Waals surface area contributed by atoms with Gasteiger partial charge in [-0.25, -0.2) is 0 Å². The predicted octanol–water partition coefficient (Wildman–Crippen LogP) is 24.1. The van der Waals surface area contributed by atoms with Crippen molar-refractivity contribution in [1.29, 1.82) is 0 Å². The van der Waals surface area contributed by atoms with E-state index in [-0.39, 0.29) is 12.5 Å². The minimum Gasteiger partial charge on any atom is -0.394 e. The minimum absolute atomic E-state index is 0.0657. The van der Waals surface area contributed by atoms with E-state index in [1.165, 1.54) is 334 Å². The molecule has 0 fully saturated rings. The van der Waals surface area contributed by atoms with Crippen LogP contribution in [0.5, 0.6) is 0 Å². The molecule has 0 heterocycles. The van der Waals surface area contributed by atoms with Crippen molar-refractivity contribution in [1.82, 2.24) is 5.32 Å². The molecular formula is C73H139NO3. The Morgan fingerprint density at radius 3 is 0.831 bits per heavy atom. The summed E-state index contributed by atoms with van der Waals surface area (Å²) in [5.41, 5.74) is 0. The third kappa shape index (κ3) is 65.0. The highest BCUT2D eigenvalue weighted by Crippen LogP contribution is 2.19. The summed E-state index contributed by atoms with van der Waals surface area (Å²) in [5, 5.41) is 23.2. The van der Waals surface area contributed by atoms with Crippen molar-refractivity contribution in [3.05, 3.63) is 48.6 Å². The van der Waals surface area contributed by atoms with E-state index in [9.17, 15) is 15.0 Å². The van der Waals surface area contributed by atoms with Gasteiger partial charge in [-0.15, -0.1) is 0 Å². The van der Waals surface area contributed by atoms with Crippen LogP contribution in [0.1, 0.15) is 393 Å². The Balaban J connectivity index is 3.41. The summed E-state index contributed by atoms with van der Waals surface area (Å²) in [6, 6.07) is -0.639. The zero-order valence-electron chi connectivity index (χ0n) is 52.5. The van der Waals surface area contributed by atoms with Crippen LogP contribution in [0.4, 0.5) is 0 Å². The fourth-order valence-corrected chi connectivity index (χ4v) is 11.2. The summed E-state index contributed by atoms with van der Waals surface area (Å²) in [6.07, 6.45) is 96.4. The molecule has 0 aliphatic rings. The van der Waals surface area contributed by atoms with E-state index in [1.54, 1.807) is 6.08 Å². The van der Waals surface area contributed by atoms with Gasteiger partial charge < -0.3 is 15.5 Å². The summed E-state index contributed by atoms with van der Waals surface area (Å²) in [7, 11) is 0. The van der Waals surface area contributed by atoms with Crippen LogP contribution in [0.3, 0.4) is 0 Å². The summed E-state index contributed by atoms with van der Waals surface area (Å²) in [6.45, 7) is 4.33. The summed E-state index contributed by atoms with van der Waals surface area (Å²) in [5.74, 6) is -0.0657. The summed E-state index contributed by atoms with van der Waals surface area (Å²) >= 11 is 0. The number of aliphatic hydroxyl groups excluding tert-OH is 2. The predicted molar refractivity (Wildman–Crippen MR) is 345 cm³/mol. The molecule has 0 rings (SSSR count). The van der Waals surface area contributed by atoms with Crippen molar-refractivity contribution in [2.24, 2.45) is 0 Å². The first kappa shape index (κ1) is 75.3. The number of unbranched alkanes of at least 4 members (excludes halogenated alkanes) is 53. The Bertz CT molecular complexity index is 1220. The molecule has 0 bridgehead atoms. The highest BCUT2D eigenvalue weighted by molar-refractivity contribution is 5.76. The molecule has 2 unspecified atom stereocenters. The lowest BCUT2D eigenvalue weighted by molar-refractivity contribution is -0.123.